The number of piperidine rings is 1. The lowest BCUT2D eigenvalue weighted by Gasteiger charge is -2.33. The van der Waals surface area contributed by atoms with E-state index in [1.54, 1.807) is 6.20 Å². The predicted molar refractivity (Wildman–Crippen MR) is 77.7 cm³/mol. The van der Waals surface area contributed by atoms with Gasteiger partial charge in [-0.2, -0.15) is 0 Å². The Hall–Kier alpha value is -0.550. The van der Waals surface area contributed by atoms with Crippen LogP contribution in [0.25, 0.3) is 0 Å². The molecule has 0 aliphatic carbocycles. The van der Waals surface area contributed by atoms with Crippen molar-refractivity contribution in [2.45, 2.75) is 37.3 Å². The molecule has 0 radical (unpaired) electrons. The summed E-state index contributed by atoms with van der Waals surface area (Å²) in [6, 6.07) is 4.21. The molecule has 98 valence electrons. The first-order chi connectivity index (χ1) is 8.68. The minimum atomic E-state index is 0.227. The van der Waals surface area contributed by atoms with Gasteiger partial charge in [-0.25, -0.2) is 4.98 Å². The van der Waals surface area contributed by atoms with Gasteiger partial charge in [0.25, 0.3) is 0 Å². The molecule has 18 heavy (non-hydrogen) atoms. The molecule has 1 atom stereocenters. The van der Waals surface area contributed by atoms with Gasteiger partial charge in [0.15, 0.2) is 0 Å². The number of halogens is 1. The van der Waals surface area contributed by atoms with Crippen molar-refractivity contribution in [3.8, 4) is 0 Å². The van der Waals surface area contributed by atoms with Crippen LogP contribution in [0.5, 0.6) is 0 Å². The molecule has 2 heterocycles. The second kappa shape index (κ2) is 6.57. The molecule has 1 amide bonds. The van der Waals surface area contributed by atoms with E-state index in [-0.39, 0.29) is 5.91 Å². The SMILES string of the molecule is CC1CCCCN1C(=O)CSc1ncccc1Br. The van der Waals surface area contributed by atoms with Gasteiger partial charge in [0.2, 0.25) is 5.91 Å². The average molecular weight is 329 g/mol. The van der Waals surface area contributed by atoms with Crippen LogP contribution >= 0.6 is 27.7 Å². The molecule has 1 fully saturated rings. The summed E-state index contributed by atoms with van der Waals surface area (Å²) in [7, 11) is 0. The first-order valence-corrected chi connectivity index (χ1v) is 7.99. The van der Waals surface area contributed by atoms with E-state index in [2.05, 4.69) is 27.8 Å². The van der Waals surface area contributed by atoms with E-state index >= 15 is 0 Å². The zero-order valence-corrected chi connectivity index (χ0v) is 12.8. The van der Waals surface area contributed by atoms with E-state index in [9.17, 15) is 4.79 Å². The Morgan fingerprint density at radius 3 is 3.17 bits per heavy atom. The number of aromatic nitrogens is 1. The van der Waals surface area contributed by atoms with Crippen molar-refractivity contribution in [1.82, 2.24) is 9.88 Å². The molecular formula is C13H17BrN2OS. The van der Waals surface area contributed by atoms with Gasteiger partial charge in [0.1, 0.15) is 5.03 Å². The minimum Gasteiger partial charge on any atom is -0.339 e. The lowest BCUT2D eigenvalue weighted by Crippen LogP contribution is -2.42. The Kier molecular flexibility index (Phi) is 5.06. The summed E-state index contributed by atoms with van der Waals surface area (Å²) in [4.78, 5) is 18.4. The van der Waals surface area contributed by atoms with Crippen molar-refractivity contribution in [3.05, 3.63) is 22.8 Å². The smallest absolute Gasteiger partial charge is 0.233 e. The fourth-order valence-electron chi connectivity index (χ4n) is 2.16. The minimum absolute atomic E-state index is 0.227. The highest BCUT2D eigenvalue weighted by Crippen LogP contribution is 2.25. The average Bonchev–Trinajstić information content (AvgIpc) is 2.38. The first-order valence-electron chi connectivity index (χ1n) is 6.21. The quantitative estimate of drug-likeness (QED) is 0.798. The standard InChI is InChI=1S/C13H17BrN2OS/c1-10-5-2-3-8-16(10)12(17)9-18-13-11(14)6-4-7-15-13/h4,6-7,10H,2-3,5,8-9H2,1H3. The number of rotatable bonds is 3. The van der Waals surface area contributed by atoms with Crippen molar-refractivity contribution in [3.63, 3.8) is 0 Å². The number of carbonyl (C=O) groups excluding carboxylic acids is 1. The number of hydrogen-bond donors (Lipinski definition) is 0. The number of thioether (sulfide) groups is 1. The van der Waals surface area contributed by atoms with E-state index in [0.717, 1.165) is 28.9 Å². The van der Waals surface area contributed by atoms with Crippen molar-refractivity contribution >= 4 is 33.6 Å². The number of nitrogens with zero attached hydrogens (tertiary/aromatic N) is 2. The molecule has 1 aliphatic heterocycles. The summed E-state index contributed by atoms with van der Waals surface area (Å²) in [6.45, 7) is 3.04. The summed E-state index contributed by atoms with van der Waals surface area (Å²) in [6.07, 6.45) is 5.25. The van der Waals surface area contributed by atoms with E-state index in [1.165, 1.54) is 18.2 Å². The highest BCUT2D eigenvalue weighted by Gasteiger charge is 2.23. The van der Waals surface area contributed by atoms with Gasteiger partial charge in [0.05, 0.1) is 5.75 Å². The maximum Gasteiger partial charge on any atom is 0.233 e. The van der Waals surface area contributed by atoms with Gasteiger partial charge in [0, 0.05) is 23.3 Å². The van der Waals surface area contributed by atoms with Crippen LogP contribution in [0, 0.1) is 0 Å². The second-order valence-corrected chi connectivity index (χ2v) is 6.33. The van der Waals surface area contributed by atoms with E-state index in [1.807, 2.05) is 17.0 Å². The van der Waals surface area contributed by atoms with Crippen molar-refractivity contribution in [1.29, 1.82) is 0 Å². The maximum atomic E-state index is 12.2. The maximum absolute atomic E-state index is 12.2. The Morgan fingerprint density at radius 2 is 2.44 bits per heavy atom. The predicted octanol–water partition coefficient (Wildman–Crippen LogP) is 3.34. The Morgan fingerprint density at radius 1 is 1.61 bits per heavy atom. The number of hydrogen-bond acceptors (Lipinski definition) is 3. The zero-order valence-electron chi connectivity index (χ0n) is 10.4. The third kappa shape index (κ3) is 3.48. The van der Waals surface area contributed by atoms with Gasteiger partial charge in [-0.15, -0.1) is 0 Å². The summed E-state index contributed by atoms with van der Waals surface area (Å²) in [5.74, 6) is 0.699. The van der Waals surface area contributed by atoms with Gasteiger partial charge >= 0.3 is 0 Å². The highest BCUT2D eigenvalue weighted by molar-refractivity contribution is 9.10. The van der Waals surface area contributed by atoms with Crippen molar-refractivity contribution in [2.75, 3.05) is 12.3 Å². The van der Waals surface area contributed by atoms with Crippen molar-refractivity contribution < 1.29 is 4.79 Å². The fraction of sp³-hybridized carbons (Fsp3) is 0.538. The van der Waals surface area contributed by atoms with Gasteiger partial charge < -0.3 is 4.90 Å². The van der Waals surface area contributed by atoms with E-state index < -0.39 is 0 Å². The Bertz CT molecular complexity index is 427. The largest absolute Gasteiger partial charge is 0.339 e. The fourth-order valence-corrected chi connectivity index (χ4v) is 3.52. The Balaban J connectivity index is 1.90. The van der Waals surface area contributed by atoms with Crippen LogP contribution in [-0.2, 0) is 4.79 Å². The van der Waals surface area contributed by atoms with Crippen LogP contribution in [-0.4, -0.2) is 34.1 Å². The number of likely N-dealkylation sites (tertiary alicyclic amines) is 1. The van der Waals surface area contributed by atoms with Gasteiger partial charge in [-0.3, -0.25) is 4.79 Å². The molecule has 0 bridgehead atoms. The molecule has 1 aromatic rings. The molecule has 1 unspecified atom stereocenters. The van der Waals surface area contributed by atoms with Crippen LogP contribution < -0.4 is 0 Å². The van der Waals surface area contributed by atoms with Crippen LogP contribution in [0.2, 0.25) is 0 Å². The molecule has 0 saturated carbocycles. The summed E-state index contributed by atoms with van der Waals surface area (Å²) < 4.78 is 0.953. The summed E-state index contributed by atoms with van der Waals surface area (Å²) in [5, 5.41) is 0.885. The number of amides is 1. The molecule has 1 aromatic heterocycles. The topological polar surface area (TPSA) is 33.2 Å². The summed E-state index contributed by atoms with van der Waals surface area (Å²) >= 11 is 4.95. The molecule has 0 N–H and O–H groups in total. The van der Waals surface area contributed by atoms with Gasteiger partial charge in [-0.05, 0) is 54.2 Å². The third-order valence-electron chi connectivity index (χ3n) is 3.18. The van der Waals surface area contributed by atoms with Crippen LogP contribution in [0.4, 0.5) is 0 Å². The summed E-state index contributed by atoms with van der Waals surface area (Å²) in [5.41, 5.74) is 0. The molecular weight excluding hydrogens is 312 g/mol. The monoisotopic (exact) mass is 328 g/mol. The third-order valence-corrected chi connectivity index (χ3v) is 5.07. The normalized spacial score (nSPS) is 19.9. The zero-order chi connectivity index (χ0) is 13.0. The molecule has 1 aliphatic rings. The van der Waals surface area contributed by atoms with Crippen LogP contribution in [0.1, 0.15) is 26.2 Å². The molecule has 5 heteroatoms. The van der Waals surface area contributed by atoms with Crippen LogP contribution in [0.3, 0.4) is 0 Å². The molecule has 0 spiro atoms. The van der Waals surface area contributed by atoms with E-state index in [0.29, 0.717) is 11.8 Å². The molecule has 2 rings (SSSR count). The number of pyridine rings is 1. The van der Waals surface area contributed by atoms with Crippen LogP contribution in [0.15, 0.2) is 27.8 Å². The first kappa shape index (κ1) is 13.9. The molecule has 1 saturated heterocycles. The van der Waals surface area contributed by atoms with E-state index in [4.69, 9.17) is 0 Å². The lowest BCUT2D eigenvalue weighted by molar-refractivity contribution is -0.131. The Labute approximate surface area is 120 Å². The molecule has 3 nitrogen and oxygen atoms in total. The molecule has 0 aromatic carbocycles. The van der Waals surface area contributed by atoms with Crippen molar-refractivity contribution in [2.24, 2.45) is 0 Å². The second-order valence-electron chi connectivity index (χ2n) is 4.51. The lowest BCUT2D eigenvalue weighted by atomic mass is 10.0. The number of carbonyl (C=O) groups is 1. The highest BCUT2D eigenvalue weighted by atomic mass is 79.9. The van der Waals surface area contributed by atoms with Gasteiger partial charge in [-0.1, -0.05) is 11.8 Å².